The molecule has 0 radical (unpaired) electrons. The molecule has 1 saturated heterocycles. The average molecular weight is 363 g/mol. The van der Waals surface area contributed by atoms with E-state index in [0.29, 0.717) is 0 Å². The van der Waals surface area contributed by atoms with Crippen LogP contribution in [0.15, 0.2) is 0 Å². The van der Waals surface area contributed by atoms with Crippen molar-refractivity contribution in [3.63, 3.8) is 0 Å². The minimum absolute atomic E-state index is 0.336. The van der Waals surface area contributed by atoms with Crippen molar-refractivity contribution in [2.75, 3.05) is 6.61 Å². The van der Waals surface area contributed by atoms with Crippen LogP contribution in [0.4, 0.5) is 0 Å². The van der Waals surface area contributed by atoms with Crippen molar-refractivity contribution >= 4 is 23.9 Å². The van der Waals surface area contributed by atoms with E-state index in [-0.39, 0.29) is 6.61 Å². The van der Waals surface area contributed by atoms with Crippen LogP contribution in [0.5, 0.6) is 0 Å². The summed E-state index contributed by atoms with van der Waals surface area (Å²) in [6.45, 7) is 4.19. The quantitative estimate of drug-likeness (QED) is 0.350. The van der Waals surface area contributed by atoms with E-state index in [0.717, 1.165) is 20.8 Å². The standard InChI is InChI=1S/C14H21NO10/c1-6(16)20-5-10-11(21-7(2)17)12(22-8(3)18)13(23-9(4)19)14(24-10)25-15/h10-14H,5,15H2,1-4H3/t10-,11-,12+,13-,14+/m1/s1. The van der Waals surface area contributed by atoms with Gasteiger partial charge in [0.25, 0.3) is 0 Å². The van der Waals surface area contributed by atoms with E-state index in [1.54, 1.807) is 0 Å². The maximum absolute atomic E-state index is 11.4. The maximum atomic E-state index is 11.4. The molecule has 0 aliphatic carbocycles. The van der Waals surface area contributed by atoms with Crippen LogP contribution in [-0.4, -0.2) is 61.2 Å². The Morgan fingerprint density at radius 3 is 1.72 bits per heavy atom. The number of rotatable bonds is 6. The molecule has 142 valence electrons. The van der Waals surface area contributed by atoms with Gasteiger partial charge in [-0.25, -0.2) is 5.90 Å². The molecule has 1 aliphatic rings. The molecule has 0 saturated carbocycles. The van der Waals surface area contributed by atoms with Crippen molar-refractivity contribution in [2.45, 2.75) is 58.4 Å². The van der Waals surface area contributed by atoms with Gasteiger partial charge >= 0.3 is 23.9 Å². The van der Waals surface area contributed by atoms with Crippen LogP contribution in [0.2, 0.25) is 0 Å². The summed E-state index contributed by atoms with van der Waals surface area (Å²) in [5.74, 6) is 2.37. The summed E-state index contributed by atoms with van der Waals surface area (Å²) in [5.41, 5.74) is 0. The predicted molar refractivity (Wildman–Crippen MR) is 77.2 cm³/mol. The van der Waals surface area contributed by atoms with Crippen LogP contribution < -0.4 is 5.90 Å². The highest BCUT2D eigenvalue weighted by molar-refractivity contribution is 5.68. The van der Waals surface area contributed by atoms with Crippen molar-refractivity contribution < 1.29 is 47.7 Å². The molecule has 2 N–H and O–H groups in total. The molecule has 1 fully saturated rings. The molecule has 1 heterocycles. The van der Waals surface area contributed by atoms with Gasteiger partial charge in [0.15, 0.2) is 18.3 Å². The molecular weight excluding hydrogens is 342 g/mol. The van der Waals surface area contributed by atoms with Crippen LogP contribution >= 0.6 is 0 Å². The number of esters is 4. The van der Waals surface area contributed by atoms with Crippen LogP contribution in [0, 0.1) is 0 Å². The van der Waals surface area contributed by atoms with E-state index in [1.165, 1.54) is 6.92 Å². The molecular formula is C14H21NO10. The molecule has 0 aromatic rings. The predicted octanol–water partition coefficient (Wildman–Crippen LogP) is -1.04. The van der Waals surface area contributed by atoms with Gasteiger partial charge in [-0.1, -0.05) is 0 Å². The molecule has 11 heteroatoms. The van der Waals surface area contributed by atoms with E-state index >= 15 is 0 Å². The minimum Gasteiger partial charge on any atom is -0.463 e. The molecule has 0 aromatic carbocycles. The lowest BCUT2D eigenvalue weighted by Crippen LogP contribution is -2.63. The smallest absolute Gasteiger partial charge is 0.303 e. The molecule has 1 aliphatic heterocycles. The zero-order chi connectivity index (χ0) is 19.1. The number of carbonyl (C=O) groups excluding carboxylic acids is 4. The second-order valence-corrected chi connectivity index (χ2v) is 5.20. The number of hydrogen-bond donors (Lipinski definition) is 1. The maximum Gasteiger partial charge on any atom is 0.303 e. The van der Waals surface area contributed by atoms with Gasteiger partial charge in [-0.15, -0.1) is 0 Å². The van der Waals surface area contributed by atoms with E-state index in [1.807, 2.05) is 0 Å². The van der Waals surface area contributed by atoms with Gasteiger partial charge < -0.3 is 23.7 Å². The number of ether oxygens (including phenoxy) is 5. The molecule has 0 spiro atoms. The van der Waals surface area contributed by atoms with Gasteiger partial charge in [0.1, 0.15) is 12.7 Å². The highest BCUT2D eigenvalue weighted by Gasteiger charge is 2.52. The molecule has 0 bridgehead atoms. The van der Waals surface area contributed by atoms with Crippen molar-refractivity contribution in [3.8, 4) is 0 Å². The SMILES string of the molecule is CC(=O)OC[C@H]1O[C@@H](ON)[C@H](OC(C)=O)[C@@H](OC(C)=O)[C@@H]1OC(C)=O. The summed E-state index contributed by atoms with van der Waals surface area (Å²) in [6, 6.07) is 0. The second-order valence-electron chi connectivity index (χ2n) is 5.20. The molecule has 0 unspecified atom stereocenters. The lowest BCUT2D eigenvalue weighted by atomic mass is 9.98. The first-order chi connectivity index (χ1) is 11.6. The first-order valence-corrected chi connectivity index (χ1v) is 7.31. The highest BCUT2D eigenvalue weighted by Crippen LogP contribution is 2.29. The molecule has 1 rings (SSSR count). The van der Waals surface area contributed by atoms with E-state index in [4.69, 9.17) is 29.6 Å². The minimum atomic E-state index is -1.35. The van der Waals surface area contributed by atoms with Crippen LogP contribution in [0.1, 0.15) is 27.7 Å². The fourth-order valence-electron chi connectivity index (χ4n) is 2.30. The molecule has 0 amide bonds. The van der Waals surface area contributed by atoms with Gasteiger partial charge in [-0.3, -0.25) is 24.0 Å². The zero-order valence-electron chi connectivity index (χ0n) is 14.3. The summed E-state index contributed by atoms with van der Waals surface area (Å²) < 4.78 is 25.6. The summed E-state index contributed by atoms with van der Waals surface area (Å²) in [5, 5.41) is 0. The zero-order valence-corrected chi connectivity index (χ0v) is 14.3. The lowest BCUT2D eigenvalue weighted by molar-refractivity contribution is -0.309. The molecule has 0 aromatic heterocycles. The van der Waals surface area contributed by atoms with Crippen molar-refractivity contribution in [1.82, 2.24) is 0 Å². The van der Waals surface area contributed by atoms with E-state index < -0.39 is 54.6 Å². The van der Waals surface area contributed by atoms with Gasteiger partial charge in [-0.2, -0.15) is 0 Å². The third-order valence-electron chi connectivity index (χ3n) is 3.08. The van der Waals surface area contributed by atoms with Crippen LogP contribution in [0.25, 0.3) is 0 Å². The average Bonchev–Trinajstić information content (AvgIpc) is 2.48. The first kappa shape index (κ1) is 20.8. The summed E-state index contributed by atoms with van der Waals surface area (Å²) >= 11 is 0. The van der Waals surface area contributed by atoms with Crippen molar-refractivity contribution in [2.24, 2.45) is 5.90 Å². The summed E-state index contributed by atoms with van der Waals surface area (Å²) in [6.07, 6.45) is -6.23. The van der Waals surface area contributed by atoms with Gasteiger partial charge in [0, 0.05) is 27.7 Å². The summed E-state index contributed by atoms with van der Waals surface area (Å²) in [7, 11) is 0. The first-order valence-electron chi connectivity index (χ1n) is 7.31. The number of hydrogen-bond acceptors (Lipinski definition) is 11. The lowest BCUT2D eigenvalue weighted by Gasteiger charge is -2.43. The van der Waals surface area contributed by atoms with E-state index in [2.05, 4.69) is 4.84 Å². The van der Waals surface area contributed by atoms with Crippen molar-refractivity contribution in [3.05, 3.63) is 0 Å². The fourth-order valence-corrected chi connectivity index (χ4v) is 2.30. The normalized spacial score (nSPS) is 28.6. The third-order valence-corrected chi connectivity index (χ3v) is 3.08. The van der Waals surface area contributed by atoms with Crippen molar-refractivity contribution in [1.29, 1.82) is 0 Å². The van der Waals surface area contributed by atoms with Crippen LogP contribution in [-0.2, 0) is 47.7 Å². The highest BCUT2D eigenvalue weighted by atomic mass is 16.8. The monoisotopic (exact) mass is 363 g/mol. The molecule has 11 nitrogen and oxygen atoms in total. The Labute approximate surface area is 143 Å². The summed E-state index contributed by atoms with van der Waals surface area (Å²) in [4.78, 5) is 49.9. The van der Waals surface area contributed by atoms with Gasteiger partial charge in [-0.05, 0) is 0 Å². The Bertz CT molecular complexity index is 522. The topological polar surface area (TPSA) is 150 Å². The second kappa shape index (κ2) is 9.30. The Hall–Kier alpha value is -2.24. The Kier molecular flexibility index (Phi) is 7.74. The van der Waals surface area contributed by atoms with E-state index in [9.17, 15) is 19.2 Å². The Morgan fingerprint density at radius 1 is 0.800 bits per heavy atom. The third kappa shape index (κ3) is 6.29. The molecule has 25 heavy (non-hydrogen) atoms. The number of carbonyl (C=O) groups is 4. The van der Waals surface area contributed by atoms with Gasteiger partial charge in [0.2, 0.25) is 6.29 Å². The fraction of sp³-hybridized carbons (Fsp3) is 0.714. The van der Waals surface area contributed by atoms with Crippen LogP contribution in [0.3, 0.4) is 0 Å². The van der Waals surface area contributed by atoms with Gasteiger partial charge in [0.05, 0.1) is 0 Å². The number of nitrogens with two attached hydrogens (primary N) is 1. The Balaban J connectivity index is 3.18. The molecule has 5 atom stereocenters. The Morgan fingerprint density at radius 2 is 1.28 bits per heavy atom. The largest absolute Gasteiger partial charge is 0.463 e.